The first-order chi connectivity index (χ1) is 9.04. The molecule has 0 saturated carbocycles. The topological polar surface area (TPSA) is 35.8 Å². The largest absolute Gasteiger partial charge is 0.293 e. The van der Waals surface area contributed by atoms with Crippen molar-refractivity contribution in [2.75, 3.05) is 5.75 Å². The van der Waals surface area contributed by atoms with Crippen LogP contribution < -0.4 is 5.32 Å². The lowest BCUT2D eigenvalue weighted by Gasteiger charge is -2.31. The Bertz CT molecular complexity index is 411. The summed E-state index contributed by atoms with van der Waals surface area (Å²) in [6.45, 7) is 8.57. The molecule has 0 heterocycles. The van der Waals surface area contributed by atoms with Gasteiger partial charge in [0.05, 0.1) is 6.07 Å². The Morgan fingerprint density at radius 1 is 1.26 bits per heavy atom. The highest BCUT2D eigenvalue weighted by atomic mass is 32.2. The van der Waals surface area contributed by atoms with Gasteiger partial charge in [0, 0.05) is 17.0 Å². The summed E-state index contributed by atoms with van der Waals surface area (Å²) in [7, 11) is 0. The Kier molecular flexibility index (Phi) is 6.41. The van der Waals surface area contributed by atoms with Crippen molar-refractivity contribution in [1.82, 2.24) is 5.32 Å². The minimum atomic E-state index is -0.594. The minimum absolute atomic E-state index is 0.275. The molecule has 19 heavy (non-hydrogen) atoms. The van der Waals surface area contributed by atoms with E-state index >= 15 is 0 Å². The SMILES string of the molecule is CCC(C)SCC(C#N)(NC(C)C)c1ccccc1. The molecular formula is C16H24N2S. The summed E-state index contributed by atoms with van der Waals surface area (Å²) >= 11 is 1.86. The molecule has 0 aromatic heterocycles. The number of thioether (sulfide) groups is 1. The van der Waals surface area contributed by atoms with Crippen LogP contribution in [0.1, 0.15) is 39.7 Å². The second-order valence-electron chi connectivity index (χ2n) is 5.21. The summed E-state index contributed by atoms with van der Waals surface area (Å²) in [6.07, 6.45) is 1.13. The summed E-state index contributed by atoms with van der Waals surface area (Å²) in [5, 5.41) is 13.8. The summed E-state index contributed by atoms with van der Waals surface area (Å²) in [5.74, 6) is 0.778. The first-order valence-corrected chi connectivity index (χ1v) is 7.95. The standard InChI is InChI=1S/C16H24N2S/c1-5-14(4)19-12-16(11-17,18-13(2)3)15-9-7-6-8-10-15/h6-10,13-14,18H,5,12H2,1-4H3. The van der Waals surface area contributed by atoms with E-state index in [2.05, 4.69) is 39.1 Å². The van der Waals surface area contributed by atoms with Gasteiger partial charge < -0.3 is 0 Å². The van der Waals surface area contributed by atoms with E-state index in [-0.39, 0.29) is 6.04 Å². The van der Waals surface area contributed by atoms with Crippen LogP contribution in [0.4, 0.5) is 0 Å². The van der Waals surface area contributed by atoms with Gasteiger partial charge >= 0.3 is 0 Å². The van der Waals surface area contributed by atoms with Crippen LogP contribution in [-0.4, -0.2) is 17.0 Å². The molecule has 2 atom stereocenters. The molecule has 1 aromatic rings. The molecule has 0 aliphatic carbocycles. The van der Waals surface area contributed by atoms with Crippen molar-refractivity contribution in [1.29, 1.82) is 5.26 Å². The molecular weight excluding hydrogens is 252 g/mol. The van der Waals surface area contributed by atoms with Crippen LogP contribution in [0.5, 0.6) is 0 Å². The molecule has 3 heteroatoms. The van der Waals surface area contributed by atoms with Crippen LogP contribution >= 0.6 is 11.8 Å². The minimum Gasteiger partial charge on any atom is -0.293 e. The number of nitrogens with one attached hydrogen (secondary N) is 1. The maximum absolute atomic E-state index is 9.74. The summed E-state index contributed by atoms with van der Waals surface area (Å²) in [4.78, 5) is 0. The average molecular weight is 276 g/mol. The van der Waals surface area contributed by atoms with E-state index in [4.69, 9.17) is 0 Å². The monoisotopic (exact) mass is 276 g/mol. The van der Waals surface area contributed by atoms with Gasteiger partial charge in [0.25, 0.3) is 0 Å². The second kappa shape index (κ2) is 7.57. The van der Waals surface area contributed by atoms with Gasteiger partial charge in [0.1, 0.15) is 5.54 Å². The lowest BCUT2D eigenvalue weighted by Crippen LogP contribution is -2.47. The van der Waals surface area contributed by atoms with Crippen molar-refractivity contribution in [3.05, 3.63) is 35.9 Å². The van der Waals surface area contributed by atoms with E-state index in [1.165, 1.54) is 0 Å². The lowest BCUT2D eigenvalue weighted by molar-refractivity contribution is 0.425. The summed E-state index contributed by atoms with van der Waals surface area (Å²) in [6, 6.07) is 12.8. The fourth-order valence-corrected chi connectivity index (χ4v) is 3.02. The van der Waals surface area contributed by atoms with Crippen LogP contribution in [0.3, 0.4) is 0 Å². The molecule has 0 spiro atoms. The molecule has 2 unspecified atom stereocenters. The number of hydrogen-bond acceptors (Lipinski definition) is 3. The number of hydrogen-bond donors (Lipinski definition) is 1. The van der Waals surface area contributed by atoms with Gasteiger partial charge in [-0.1, -0.05) is 44.2 Å². The highest BCUT2D eigenvalue weighted by Crippen LogP contribution is 2.28. The van der Waals surface area contributed by atoms with Gasteiger partial charge in [-0.2, -0.15) is 17.0 Å². The van der Waals surface area contributed by atoms with Gasteiger partial charge in [-0.3, -0.25) is 5.32 Å². The molecule has 0 radical (unpaired) electrons. The number of benzene rings is 1. The van der Waals surface area contributed by atoms with Crippen molar-refractivity contribution in [3.8, 4) is 6.07 Å². The van der Waals surface area contributed by atoms with Crippen LogP contribution in [-0.2, 0) is 5.54 Å². The van der Waals surface area contributed by atoms with E-state index in [1.807, 2.05) is 42.1 Å². The fraction of sp³-hybridized carbons (Fsp3) is 0.562. The third-order valence-corrected chi connectivity index (χ3v) is 4.65. The number of nitriles is 1. The van der Waals surface area contributed by atoms with Gasteiger partial charge in [0.2, 0.25) is 0 Å². The summed E-state index contributed by atoms with van der Waals surface area (Å²) < 4.78 is 0. The fourth-order valence-electron chi connectivity index (χ4n) is 1.94. The second-order valence-corrected chi connectivity index (χ2v) is 6.64. The van der Waals surface area contributed by atoms with Crippen LogP contribution in [0.25, 0.3) is 0 Å². The lowest BCUT2D eigenvalue weighted by atomic mass is 9.92. The zero-order valence-electron chi connectivity index (χ0n) is 12.3. The van der Waals surface area contributed by atoms with Crippen molar-refractivity contribution in [3.63, 3.8) is 0 Å². The zero-order valence-corrected chi connectivity index (χ0v) is 13.1. The average Bonchev–Trinajstić information content (AvgIpc) is 2.43. The molecule has 1 rings (SSSR count). The maximum Gasteiger partial charge on any atom is 0.141 e. The molecule has 0 amide bonds. The molecule has 0 fully saturated rings. The Morgan fingerprint density at radius 3 is 2.37 bits per heavy atom. The van der Waals surface area contributed by atoms with Gasteiger partial charge in [-0.15, -0.1) is 0 Å². The van der Waals surface area contributed by atoms with Gasteiger partial charge in [-0.05, 0) is 25.8 Å². The van der Waals surface area contributed by atoms with Crippen LogP contribution in [0.15, 0.2) is 30.3 Å². The Hall–Kier alpha value is -0.980. The van der Waals surface area contributed by atoms with Crippen molar-refractivity contribution in [2.45, 2.75) is 50.9 Å². The van der Waals surface area contributed by atoms with Gasteiger partial charge in [0.15, 0.2) is 0 Å². The third-order valence-electron chi connectivity index (χ3n) is 3.15. The molecule has 2 nitrogen and oxygen atoms in total. The van der Waals surface area contributed by atoms with Crippen LogP contribution in [0.2, 0.25) is 0 Å². The molecule has 0 bridgehead atoms. The Labute approximate surface area is 121 Å². The summed E-state index contributed by atoms with van der Waals surface area (Å²) in [5.41, 5.74) is 0.464. The first kappa shape index (κ1) is 16.1. The predicted octanol–water partition coefficient (Wildman–Crippen LogP) is 3.94. The normalized spacial score (nSPS) is 15.8. The van der Waals surface area contributed by atoms with E-state index in [0.29, 0.717) is 5.25 Å². The highest BCUT2D eigenvalue weighted by molar-refractivity contribution is 7.99. The quantitative estimate of drug-likeness (QED) is 0.819. The first-order valence-electron chi connectivity index (χ1n) is 6.90. The third kappa shape index (κ3) is 4.56. The Morgan fingerprint density at radius 2 is 1.89 bits per heavy atom. The highest BCUT2D eigenvalue weighted by Gasteiger charge is 2.33. The molecule has 1 N–H and O–H groups in total. The number of nitrogens with zero attached hydrogens (tertiary/aromatic N) is 1. The molecule has 0 aliphatic heterocycles. The van der Waals surface area contributed by atoms with Crippen molar-refractivity contribution >= 4 is 11.8 Å². The number of rotatable bonds is 7. The van der Waals surface area contributed by atoms with E-state index < -0.39 is 5.54 Å². The zero-order chi connectivity index (χ0) is 14.3. The Balaban J connectivity index is 2.99. The van der Waals surface area contributed by atoms with Crippen molar-refractivity contribution < 1.29 is 0 Å². The molecule has 104 valence electrons. The van der Waals surface area contributed by atoms with Crippen LogP contribution in [0, 0.1) is 11.3 Å². The molecule has 0 aliphatic rings. The van der Waals surface area contributed by atoms with E-state index in [9.17, 15) is 5.26 Å². The predicted molar refractivity (Wildman–Crippen MR) is 84.2 cm³/mol. The van der Waals surface area contributed by atoms with Crippen molar-refractivity contribution in [2.24, 2.45) is 0 Å². The smallest absolute Gasteiger partial charge is 0.141 e. The van der Waals surface area contributed by atoms with Gasteiger partial charge in [-0.25, -0.2) is 0 Å². The van der Waals surface area contributed by atoms with E-state index in [0.717, 1.165) is 17.7 Å². The van der Waals surface area contributed by atoms with E-state index in [1.54, 1.807) is 0 Å². The molecule has 0 saturated heterocycles. The molecule has 1 aromatic carbocycles. The maximum atomic E-state index is 9.74.